The van der Waals surface area contributed by atoms with Crippen LogP contribution in [0, 0.1) is 3.57 Å². The molecule has 1 heterocycles. The lowest BCUT2D eigenvalue weighted by Crippen LogP contribution is -2.42. The van der Waals surface area contributed by atoms with Gasteiger partial charge in [-0.15, -0.1) is 0 Å². The van der Waals surface area contributed by atoms with Crippen LogP contribution in [0.4, 0.5) is 0 Å². The van der Waals surface area contributed by atoms with Gasteiger partial charge >= 0.3 is 0 Å². The highest BCUT2D eigenvalue weighted by Crippen LogP contribution is 2.30. The van der Waals surface area contributed by atoms with E-state index >= 15 is 0 Å². The van der Waals surface area contributed by atoms with Crippen LogP contribution >= 0.6 is 22.6 Å². The van der Waals surface area contributed by atoms with Crippen LogP contribution in [0.2, 0.25) is 0 Å². The monoisotopic (exact) mass is 425 g/mol. The normalized spacial score (nSPS) is 15.8. The molecule has 2 aromatic carbocycles. The van der Waals surface area contributed by atoms with Crippen LogP contribution in [0.3, 0.4) is 0 Å². The highest BCUT2D eigenvalue weighted by molar-refractivity contribution is 14.1. The number of carbonyl (C=O) groups excluding carboxylic acids is 1. The maximum atomic E-state index is 11.9. The first-order valence-corrected chi connectivity index (χ1v) is 8.32. The van der Waals surface area contributed by atoms with E-state index in [9.17, 15) is 4.79 Å². The molecular formula is C17H16INO4. The second-order valence-electron chi connectivity index (χ2n) is 5.05. The highest BCUT2D eigenvalue weighted by atomic mass is 127. The van der Waals surface area contributed by atoms with E-state index in [4.69, 9.17) is 14.2 Å². The molecule has 0 saturated carbocycles. The summed E-state index contributed by atoms with van der Waals surface area (Å²) in [5.74, 6) is 1.93. The minimum absolute atomic E-state index is 0.0236. The Bertz CT molecular complexity index is 692. The van der Waals surface area contributed by atoms with E-state index in [1.54, 1.807) is 0 Å². The summed E-state index contributed by atoms with van der Waals surface area (Å²) in [6.07, 6.45) is -0.202. The van der Waals surface area contributed by atoms with Crippen molar-refractivity contribution >= 4 is 28.5 Å². The van der Waals surface area contributed by atoms with E-state index in [1.807, 2.05) is 48.5 Å². The number of carbonyl (C=O) groups is 1. The Balaban J connectivity index is 1.43. The van der Waals surface area contributed by atoms with Crippen LogP contribution in [-0.4, -0.2) is 31.8 Å². The van der Waals surface area contributed by atoms with E-state index < -0.39 is 0 Å². The first-order valence-electron chi connectivity index (χ1n) is 7.24. The first kappa shape index (κ1) is 15.9. The average Bonchev–Trinajstić information content (AvgIpc) is 2.58. The van der Waals surface area contributed by atoms with Crippen LogP contribution in [0.15, 0.2) is 48.5 Å². The number of ether oxygens (including phenoxy) is 3. The number of halogens is 1. The van der Waals surface area contributed by atoms with Crippen LogP contribution in [0.25, 0.3) is 0 Å². The quantitative estimate of drug-likeness (QED) is 0.749. The van der Waals surface area contributed by atoms with Crippen LogP contribution in [0.5, 0.6) is 17.2 Å². The Labute approximate surface area is 148 Å². The number of amides is 1. The van der Waals surface area contributed by atoms with Crippen molar-refractivity contribution in [3.05, 3.63) is 52.1 Å². The molecule has 1 N–H and O–H groups in total. The molecule has 0 aromatic heterocycles. The van der Waals surface area contributed by atoms with Crippen LogP contribution < -0.4 is 19.5 Å². The summed E-state index contributed by atoms with van der Waals surface area (Å²) in [6, 6.07) is 15.0. The molecule has 5 nitrogen and oxygen atoms in total. The molecular weight excluding hydrogens is 409 g/mol. The van der Waals surface area contributed by atoms with Gasteiger partial charge in [-0.1, -0.05) is 18.2 Å². The van der Waals surface area contributed by atoms with E-state index in [1.165, 1.54) is 0 Å². The van der Waals surface area contributed by atoms with Gasteiger partial charge in [-0.3, -0.25) is 4.79 Å². The lowest BCUT2D eigenvalue weighted by atomic mass is 10.2. The summed E-state index contributed by atoms with van der Waals surface area (Å²) in [4.78, 5) is 11.9. The summed E-state index contributed by atoms with van der Waals surface area (Å²) in [7, 11) is 0. The summed E-state index contributed by atoms with van der Waals surface area (Å²) in [5.41, 5.74) is 0. The Hall–Kier alpha value is -1.96. The standard InChI is InChI=1S/C17H16INO4/c18-12-4-3-5-13(8-12)21-11-17(20)19-9-14-10-22-15-6-1-2-7-16(15)23-14/h1-8,14H,9-11H2,(H,19,20). The van der Waals surface area contributed by atoms with E-state index in [0.29, 0.717) is 24.7 Å². The lowest BCUT2D eigenvalue weighted by Gasteiger charge is -2.26. The molecule has 1 aliphatic heterocycles. The smallest absolute Gasteiger partial charge is 0.258 e. The molecule has 1 atom stereocenters. The molecule has 0 aliphatic carbocycles. The second-order valence-corrected chi connectivity index (χ2v) is 6.29. The number of fused-ring (bicyclic) bond motifs is 1. The molecule has 0 spiro atoms. The average molecular weight is 425 g/mol. The van der Waals surface area contributed by atoms with Gasteiger partial charge in [0.05, 0.1) is 6.54 Å². The van der Waals surface area contributed by atoms with Gasteiger partial charge in [-0.2, -0.15) is 0 Å². The van der Waals surface area contributed by atoms with Crippen molar-refractivity contribution in [2.24, 2.45) is 0 Å². The molecule has 0 saturated heterocycles. The fraction of sp³-hybridized carbons (Fsp3) is 0.235. The topological polar surface area (TPSA) is 56.8 Å². The number of hydrogen-bond donors (Lipinski definition) is 1. The van der Waals surface area contributed by atoms with E-state index in [0.717, 1.165) is 9.32 Å². The Kier molecular flexibility index (Phi) is 5.22. The first-order chi connectivity index (χ1) is 11.2. The van der Waals surface area contributed by atoms with Crippen molar-refractivity contribution in [3.63, 3.8) is 0 Å². The number of rotatable bonds is 5. The number of para-hydroxylation sites is 2. The third kappa shape index (κ3) is 4.51. The van der Waals surface area contributed by atoms with E-state index in [2.05, 4.69) is 27.9 Å². The second kappa shape index (κ2) is 7.54. The molecule has 1 amide bonds. The van der Waals surface area contributed by atoms with Gasteiger partial charge in [0.2, 0.25) is 0 Å². The molecule has 0 radical (unpaired) electrons. The Morgan fingerprint density at radius 2 is 2.04 bits per heavy atom. The van der Waals surface area contributed by atoms with Crippen molar-refractivity contribution in [3.8, 4) is 17.2 Å². The molecule has 120 valence electrons. The Morgan fingerprint density at radius 3 is 2.87 bits per heavy atom. The van der Waals surface area contributed by atoms with Gasteiger partial charge < -0.3 is 19.5 Å². The molecule has 23 heavy (non-hydrogen) atoms. The van der Waals surface area contributed by atoms with Crippen LogP contribution in [-0.2, 0) is 4.79 Å². The van der Waals surface area contributed by atoms with Gasteiger partial charge in [0.25, 0.3) is 5.91 Å². The highest BCUT2D eigenvalue weighted by Gasteiger charge is 2.21. The van der Waals surface area contributed by atoms with Crippen molar-refractivity contribution in [2.45, 2.75) is 6.10 Å². The minimum atomic E-state index is -0.202. The summed E-state index contributed by atoms with van der Waals surface area (Å²) < 4.78 is 17.9. The third-order valence-corrected chi connectivity index (χ3v) is 3.93. The molecule has 6 heteroatoms. The maximum absolute atomic E-state index is 11.9. The molecule has 3 rings (SSSR count). The third-order valence-electron chi connectivity index (χ3n) is 3.26. The van der Waals surface area contributed by atoms with Crippen molar-refractivity contribution in [1.82, 2.24) is 5.32 Å². The molecule has 2 aromatic rings. The summed E-state index contributed by atoms with van der Waals surface area (Å²) >= 11 is 2.20. The summed E-state index contributed by atoms with van der Waals surface area (Å²) in [5, 5.41) is 2.80. The maximum Gasteiger partial charge on any atom is 0.258 e. The number of nitrogens with one attached hydrogen (secondary N) is 1. The Morgan fingerprint density at radius 1 is 1.22 bits per heavy atom. The van der Waals surface area contributed by atoms with Gasteiger partial charge in [0, 0.05) is 3.57 Å². The van der Waals surface area contributed by atoms with Crippen molar-refractivity contribution < 1.29 is 19.0 Å². The van der Waals surface area contributed by atoms with Gasteiger partial charge in [-0.05, 0) is 52.9 Å². The zero-order valence-electron chi connectivity index (χ0n) is 12.3. The number of hydrogen-bond acceptors (Lipinski definition) is 4. The van der Waals surface area contributed by atoms with Gasteiger partial charge in [0.1, 0.15) is 18.5 Å². The SMILES string of the molecule is O=C(COc1cccc(I)c1)NCC1COc2ccccc2O1. The zero-order valence-corrected chi connectivity index (χ0v) is 14.5. The lowest BCUT2D eigenvalue weighted by molar-refractivity contribution is -0.123. The van der Waals surface area contributed by atoms with Gasteiger partial charge in [-0.25, -0.2) is 0 Å². The molecule has 0 fully saturated rings. The minimum Gasteiger partial charge on any atom is -0.486 e. The zero-order chi connectivity index (χ0) is 16.1. The van der Waals surface area contributed by atoms with Crippen LogP contribution in [0.1, 0.15) is 0 Å². The fourth-order valence-electron chi connectivity index (χ4n) is 2.15. The molecule has 1 unspecified atom stereocenters. The van der Waals surface area contributed by atoms with Crippen molar-refractivity contribution in [1.29, 1.82) is 0 Å². The molecule has 1 aliphatic rings. The largest absolute Gasteiger partial charge is 0.486 e. The van der Waals surface area contributed by atoms with Crippen molar-refractivity contribution in [2.75, 3.05) is 19.8 Å². The van der Waals surface area contributed by atoms with E-state index in [-0.39, 0.29) is 18.6 Å². The summed E-state index contributed by atoms with van der Waals surface area (Å²) in [6.45, 7) is 0.766. The fourth-order valence-corrected chi connectivity index (χ4v) is 2.66. The molecule has 0 bridgehead atoms. The van der Waals surface area contributed by atoms with Gasteiger partial charge in [0.15, 0.2) is 18.1 Å². The number of benzene rings is 2. The predicted molar refractivity (Wildman–Crippen MR) is 94.0 cm³/mol. The predicted octanol–water partition coefficient (Wildman–Crippen LogP) is 2.63.